The maximum Gasteiger partial charge on any atom is 0.274 e. The van der Waals surface area contributed by atoms with Crippen LogP contribution in [0.15, 0.2) is 30.5 Å². The van der Waals surface area contributed by atoms with Crippen molar-refractivity contribution in [2.24, 2.45) is 0 Å². The summed E-state index contributed by atoms with van der Waals surface area (Å²) in [7, 11) is 0. The number of nitrogens with zero attached hydrogens (tertiary/aromatic N) is 4. The number of anilines is 1. The molecule has 1 aromatic carbocycles. The molecule has 2 aromatic heterocycles. The van der Waals surface area contributed by atoms with Crippen molar-refractivity contribution in [2.75, 3.05) is 5.32 Å². The smallest absolute Gasteiger partial charge is 0.274 e. The minimum absolute atomic E-state index is 0.209. The molecule has 0 saturated carbocycles. The first-order valence-electron chi connectivity index (χ1n) is 8.21. The first kappa shape index (κ1) is 18.5. The molecular formula is C18H19Cl2N5O. The van der Waals surface area contributed by atoms with Crippen LogP contribution in [0.1, 0.15) is 34.4 Å². The molecule has 0 spiro atoms. The van der Waals surface area contributed by atoms with E-state index in [2.05, 4.69) is 15.5 Å². The van der Waals surface area contributed by atoms with E-state index in [1.165, 1.54) is 0 Å². The predicted octanol–water partition coefficient (Wildman–Crippen LogP) is 4.32. The standard InChI is InChI=1S/C18H19Cl2N5O/c1-4-24-16(7-8-21-24)18(26)22-17-11(2)23-25(12(17)3)10-13-5-6-14(19)9-15(13)20/h5-9H,4,10H2,1-3H3,(H,22,26). The summed E-state index contributed by atoms with van der Waals surface area (Å²) in [5.74, 6) is -0.209. The Morgan fingerprint density at radius 1 is 1.19 bits per heavy atom. The average molecular weight is 392 g/mol. The highest BCUT2D eigenvalue weighted by Gasteiger charge is 2.18. The number of halogens is 2. The number of hydrogen-bond acceptors (Lipinski definition) is 3. The number of carbonyl (C=O) groups is 1. The summed E-state index contributed by atoms with van der Waals surface area (Å²) >= 11 is 12.2. The molecule has 0 aliphatic rings. The van der Waals surface area contributed by atoms with Gasteiger partial charge in [0.25, 0.3) is 5.91 Å². The SMILES string of the molecule is CCn1nccc1C(=O)Nc1c(C)nn(Cc2ccc(Cl)cc2Cl)c1C. The molecule has 26 heavy (non-hydrogen) atoms. The number of rotatable bonds is 5. The molecule has 0 bridgehead atoms. The third-order valence-corrected chi connectivity index (χ3v) is 4.79. The Morgan fingerprint density at radius 2 is 1.96 bits per heavy atom. The number of carbonyl (C=O) groups excluding carboxylic acids is 1. The summed E-state index contributed by atoms with van der Waals surface area (Å²) in [6.45, 7) is 6.83. The minimum Gasteiger partial charge on any atom is -0.317 e. The molecule has 0 saturated heterocycles. The van der Waals surface area contributed by atoms with E-state index in [-0.39, 0.29) is 5.91 Å². The van der Waals surface area contributed by atoms with E-state index in [0.717, 1.165) is 17.0 Å². The van der Waals surface area contributed by atoms with Crippen LogP contribution in [-0.4, -0.2) is 25.5 Å². The summed E-state index contributed by atoms with van der Waals surface area (Å²) in [5, 5.41) is 12.8. The van der Waals surface area contributed by atoms with E-state index in [9.17, 15) is 4.79 Å². The molecule has 1 N–H and O–H groups in total. The molecule has 0 aliphatic carbocycles. The molecule has 0 atom stereocenters. The second-order valence-corrected chi connectivity index (χ2v) is 6.77. The lowest BCUT2D eigenvalue weighted by Gasteiger charge is -2.09. The Balaban J connectivity index is 1.85. The van der Waals surface area contributed by atoms with Crippen molar-refractivity contribution in [1.82, 2.24) is 19.6 Å². The van der Waals surface area contributed by atoms with Crippen LogP contribution in [0.4, 0.5) is 5.69 Å². The zero-order valence-electron chi connectivity index (χ0n) is 14.8. The number of aromatic nitrogens is 4. The Morgan fingerprint density at radius 3 is 2.65 bits per heavy atom. The summed E-state index contributed by atoms with van der Waals surface area (Å²) < 4.78 is 3.47. The van der Waals surface area contributed by atoms with Gasteiger partial charge in [-0.15, -0.1) is 0 Å². The van der Waals surface area contributed by atoms with E-state index in [0.29, 0.717) is 34.5 Å². The Bertz CT molecular complexity index is 961. The molecular weight excluding hydrogens is 373 g/mol. The predicted molar refractivity (Wildman–Crippen MR) is 103 cm³/mol. The number of hydrogen-bond donors (Lipinski definition) is 1. The molecule has 3 aromatic rings. The fraction of sp³-hybridized carbons (Fsp3) is 0.278. The minimum atomic E-state index is -0.209. The van der Waals surface area contributed by atoms with Gasteiger partial charge in [-0.1, -0.05) is 29.3 Å². The van der Waals surface area contributed by atoms with Gasteiger partial charge in [0.15, 0.2) is 0 Å². The van der Waals surface area contributed by atoms with E-state index in [4.69, 9.17) is 23.2 Å². The first-order chi connectivity index (χ1) is 12.4. The second kappa shape index (κ2) is 7.51. The molecule has 1 amide bonds. The molecule has 0 aliphatic heterocycles. The van der Waals surface area contributed by atoms with Gasteiger partial charge in [-0.05, 0) is 44.5 Å². The van der Waals surface area contributed by atoms with Gasteiger partial charge in [-0.25, -0.2) is 0 Å². The van der Waals surface area contributed by atoms with E-state index in [1.807, 2.05) is 31.5 Å². The fourth-order valence-corrected chi connectivity index (χ4v) is 3.27. The van der Waals surface area contributed by atoms with Crippen molar-refractivity contribution in [2.45, 2.75) is 33.9 Å². The molecule has 6 nitrogen and oxygen atoms in total. The van der Waals surface area contributed by atoms with Crippen LogP contribution in [0.25, 0.3) is 0 Å². The van der Waals surface area contributed by atoms with Gasteiger partial charge in [0.1, 0.15) is 5.69 Å². The topological polar surface area (TPSA) is 64.7 Å². The van der Waals surface area contributed by atoms with Gasteiger partial charge in [0.05, 0.1) is 23.6 Å². The largest absolute Gasteiger partial charge is 0.317 e. The number of aryl methyl sites for hydroxylation is 2. The van der Waals surface area contributed by atoms with Crippen molar-refractivity contribution in [3.8, 4) is 0 Å². The maximum atomic E-state index is 12.6. The molecule has 136 valence electrons. The summed E-state index contributed by atoms with van der Waals surface area (Å²) in [6, 6.07) is 7.07. The van der Waals surface area contributed by atoms with Crippen molar-refractivity contribution in [3.63, 3.8) is 0 Å². The quantitative estimate of drug-likeness (QED) is 0.703. The lowest BCUT2D eigenvalue weighted by Crippen LogP contribution is -2.18. The summed E-state index contributed by atoms with van der Waals surface area (Å²) in [4.78, 5) is 12.6. The van der Waals surface area contributed by atoms with Gasteiger partial charge in [-0.3, -0.25) is 14.2 Å². The van der Waals surface area contributed by atoms with Crippen LogP contribution in [0, 0.1) is 13.8 Å². The van der Waals surface area contributed by atoms with Gasteiger partial charge in [0.2, 0.25) is 0 Å². The van der Waals surface area contributed by atoms with Crippen molar-refractivity contribution in [1.29, 1.82) is 0 Å². The zero-order valence-corrected chi connectivity index (χ0v) is 16.3. The van der Waals surface area contributed by atoms with Crippen LogP contribution in [0.3, 0.4) is 0 Å². The number of benzene rings is 1. The van der Waals surface area contributed by atoms with Gasteiger partial charge in [-0.2, -0.15) is 10.2 Å². The number of amides is 1. The fourth-order valence-electron chi connectivity index (χ4n) is 2.80. The van der Waals surface area contributed by atoms with E-state index >= 15 is 0 Å². The summed E-state index contributed by atoms with van der Waals surface area (Å²) in [5.41, 5.74) is 3.71. The summed E-state index contributed by atoms with van der Waals surface area (Å²) in [6.07, 6.45) is 1.62. The van der Waals surface area contributed by atoms with Crippen molar-refractivity contribution < 1.29 is 4.79 Å². The second-order valence-electron chi connectivity index (χ2n) is 5.93. The van der Waals surface area contributed by atoms with Gasteiger partial charge < -0.3 is 5.32 Å². The molecule has 0 fully saturated rings. The van der Waals surface area contributed by atoms with Crippen LogP contribution in [-0.2, 0) is 13.1 Å². The Hall–Kier alpha value is -2.31. The zero-order chi connectivity index (χ0) is 18.8. The molecule has 3 rings (SSSR count). The number of nitrogens with one attached hydrogen (secondary N) is 1. The molecule has 2 heterocycles. The molecule has 0 radical (unpaired) electrons. The molecule has 8 heteroatoms. The Kier molecular flexibility index (Phi) is 5.34. The van der Waals surface area contributed by atoms with Crippen LogP contribution in [0.5, 0.6) is 0 Å². The van der Waals surface area contributed by atoms with Crippen molar-refractivity contribution in [3.05, 3.63) is 63.2 Å². The van der Waals surface area contributed by atoms with Crippen LogP contribution >= 0.6 is 23.2 Å². The highest BCUT2D eigenvalue weighted by atomic mass is 35.5. The van der Waals surface area contributed by atoms with Crippen LogP contribution in [0.2, 0.25) is 10.0 Å². The van der Waals surface area contributed by atoms with Crippen molar-refractivity contribution >= 4 is 34.8 Å². The third kappa shape index (κ3) is 3.61. The highest BCUT2D eigenvalue weighted by Crippen LogP contribution is 2.25. The average Bonchev–Trinajstić information content (AvgIpc) is 3.17. The normalized spacial score (nSPS) is 11.0. The van der Waals surface area contributed by atoms with Gasteiger partial charge >= 0.3 is 0 Å². The Labute approximate surface area is 161 Å². The van der Waals surface area contributed by atoms with Gasteiger partial charge in [0, 0.05) is 22.8 Å². The highest BCUT2D eigenvalue weighted by molar-refractivity contribution is 6.35. The first-order valence-corrected chi connectivity index (χ1v) is 8.97. The lowest BCUT2D eigenvalue weighted by molar-refractivity contribution is 0.101. The monoisotopic (exact) mass is 391 g/mol. The lowest BCUT2D eigenvalue weighted by atomic mass is 10.2. The van der Waals surface area contributed by atoms with E-state index in [1.54, 1.807) is 29.1 Å². The molecule has 0 unspecified atom stereocenters. The maximum absolute atomic E-state index is 12.6. The third-order valence-electron chi connectivity index (χ3n) is 4.20. The van der Waals surface area contributed by atoms with E-state index < -0.39 is 0 Å². The van der Waals surface area contributed by atoms with Crippen LogP contribution < -0.4 is 5.32 Å².